The van der Waals surface area contributed by atoms with Crippen LogP contribution in [0.1, 0.15) is 25.0 Å². The molecule has 0 aliphatic carbocycles. The van der Waals surface area contributed by atoms with Gasteiger partial charge in [-0.15, -0.1) is 0 Å². The molecule has 2 aromatic heterocycles. The Morgan fingerprint density at radius 3 is 2.79 bits per heavy atom. The fourth-order valence-electron chi connectivity index (χ4n) is 3.44. The lowest BCUT2D eigenvalue weighted by Crippen LogP contribution is -2.29. The molecule has 0 atom stereocenters. The second-order valence-electron chi connectivity index (χ2n) is 7.60. The fraction of sp³-hybridized carbons (Fsp3) is 0.261. The van der Waals surface area contributed by atoms with E-state index in [1.807, 2.05) is 56.3 Å². The molecule has 6 nitrogen and oxygen atoms in total. The molecule has 0 spiro atoms. The second kappa shape index (κ2) is 7.91. The summed E-state index contributed by atoms with van der Waals surface area (Å²) >= 11 is 0. The van der Waals surface area contributed by atoms with Crippen molar-refractivity contribution in [3.05, 3.63) is 72.2 Å². The Labute approximate surface area is 169 Å². The fourth-order valence-corrected chi connectivity index (χ4v) is 3.44. The number of para-hydroxylation sites is 1. The van der Waals surface area contributed by atoms with E-state index in [9.17, 15) is 4.79 Å². The van der Waals surface area contributed by atoms with Gasteiger partial charge in [0.05, 0.1) is 5.69 Å². The predicted octanol–water partition coefficient (Wildman–Crippen LogP) is 3.55. The zero-order chi connectivity index (χ0) is 20.3. The molecule has 1 aliphatic rings. The maximum Gasteiger partial charge on any atom is 0.258 e. The highest BCUT2D eigenvalue weighted by atomic mass is 16.5. The third-order valence-corrected chi connectivity index (χ3v) is 4.73. The molecule has 6 heteroatoms. The zero-order valence-corrected chi connectivity index (χ0v) is 16.5. The van der Waals surface area contributed by atoms with Crippen molar-refractivity contribution in [1.82, 2.24) is 15.3 Å². The van der Waals surface area contributed by atoms with Crippen LogP contribution in [0.4, 0.5) is 0 Å². The molecule has 0 saturated heterocycles. The molecule has 148 valence electrons. The second-order valence-corrected chi connectivity index (χ2v) is 7.60. The highest BCUT2D eigenvalue weighted by Crippen LogP contribution is 2.41. The van der Waals surface area contributed by atoms with E-state index in [2.05, 4.69) is 15.3 Å². The molecular weight excluding hydrogens is 366 g/mol. The van der Waals surface area contributed by atoms with Gasteiger partial charge >= 0.3 is 0 Å². The lowest BCUT2D eigenvalue weighted by atomic mass is 10.0. The smallest absolute Gasteiger partial charge is 0.258 e. The maximum absolute atomic E-state index is 12.4. The molecule has 0 fully saturated rings. The molecule has 1 amide bonds. The molecule has 29 heavy (non-hydrogen) atoms. The van der Waals surface area contributed by atoms with Gasteiger partial charge in [0.15, 0.2) is 18.1 Å². The molecule has 0 radical (unpaired) electrons. The number of ether oxygens (including phenoxy) is 2. The Balaban J connectivity index is 1.38. The molecule has 3 aromatic rings. The van der Waals surface area contributed by atoms with Crippen LogP contribution >= 0.6 is 0 Å². The SMILES string of the molecule is CC1(C)Cc2cccc(OCC(=O)NCc3cccnc3-c3ccncc3)c2O1. The summed E-state index contributed by atoms with van der Waals surface area (Å²) in [5, 5.41) is 2.90. The Kier molecular flexibility index (Phi) is 5.16. The van der Waals surface area contributed by atoms with Crippen molar-refractivity contribution in [2.45, 2.75) is 32.4 Å². The van der Waals surface area contributed by atoms with Crippen molar-refractivity contribution in [2.75, 3.05) is 6.61 Å². The van der Waals surface area contributed by atoms with E-state index in [4.69, 9.17) is 9.47 Å². The first kappa shape index (κ1) is 18.9. The van der Waals surface area contributed by atoms with Crippen LogP contribution in [0.3, 0.4) is 0 Å². The molecule has 1 aliphatic heterocycles. The average molecular weight is 389 g/mol. The summed E-state index contributed by atoms with van der Waals surface area (Å²) < 4.78 is 11.7. The Morgan fingerprint density at radius 1 is 1.14 bits per heavy atom. The molecule has 1 aromatic carbocycles. The van der Waals surface area contributed by atoms with Crippen LogP contribution in [0.2, 0.25) is 0 Å². The van der Waals surface area contributed by atoms with Crippen LogP contribution in [0.25, 0.3) is 11.3 Å². The quantitative estimate of drug-likeness (QED) is 0.698. The van der Waals surface area contributed by atoms with E-state index in [1.165, 1.54) is 0 Å². The summed E-state index contributed by atoms with van der Waals surface area (Å²) in [6, 6.07) is 13.4. The zero-order valence-electron chi connectivity index (χ0n) is 16.5. The van der Waals surface area contributed by atoms with Crippen LogP contribution in [0.15, 0.2) is 61.1 Å². The van der Waals surface area contributed by atoms with Crippen molar-refractivity contribution in [2.24, 2.45) is 0 Å². The largest absolute Gasteiger partial charge is 0.483 e. The first-order valence-electron chi connectivity index (χ1n) is 9.56. The summed E-state index contributed by atoms with van der Waals surface area (Å²) in [5.74, 6) is 1.13. The minimum atomic E-state index is -0.256. The maximum atomic E-state index is 12.4. The molecule has 4 rings (SSSR count). The van der Waals surface area contributed by atoms with Gasteiger partial charge in [-0.2, -0.15) is 0 Å². The van der Waals surface area contributed by atoms with E-state index in [0.29, 0.717) is 12.3 Å². The Hall–Kier alpha value is -3.41. The van der Waals surface area contributed by atoms with Crippen molar-refractivity contribution < 1.29 is 14.3 Å². The van der Waals surface area contributed by atoms with Gasteiger partial charge in [0.2, 0.25) is 0 Å². The first-order chi connectivity index (χ1) is 14.0. The summed E-state index contributed by atoms with van der Waals surface area (Å²) in [6.45, 7) is 4.37. The van der Waals surface area contributed by atoms with Gasteiger partial charge in [0.1, 0.15) is 5.60 Å². The number of nitrogens with one attached hydrogen (secondary N) is 1. The van der Waals surface area contributed by atoms with Gasteiger partial charge in [-0.1, -0.05) is 18.2 Å². The van der Waals surface area contributed by atoms with Crippen molar-refractivity contribution in [3.63, 3.8) is 0 Å². The molecular formula is C23H23N3O3. The highest BCUT2D eigenvalue weighted by molar-refractivity contribution is 5.78. The van der Waals surface area contributed by atoms with Crippen LogP contribution in [0.5, 0.6) is 11.5 Å². The van der Waals surface area contributed by atoms with E-state index >= 15 is 0 Å². The van der Waals surface area contributed by atoms with Crippen LogP contribution < -0.4 is 14.8 Å². The predicted molar refractivity (Wildman–Crippen MR) is 110 cm³/mol. The number of amides is 1. The van der Waals surface area contributed by atoms with Gasteiger partial charge in [0.25, 0.3) is 5.91 Å². The molecule has 1 N–H and O–H groups in total. The number of carbonyl (C=O) groups excluding carboxylic acids is 1. The number of pyridine rings is 2. The van der Waals surface area contributed by atoms with Gasteiger partial charge in [-0.25, -0.2) is 0 Å². The lowest BCUT2D eigenvalue weighted by molar-refractivity contribution is -0.123. The number of rotatable bonds is 6. The summed E-state index contributed by atoms with van der Waals surface area (Å²) in [4.78, 5) is 20.8. The Morgan fingerprint density at radius 2 is 1.97 bits per heavy atom. The monoisotopic (exact) mass is 389 g/mol. The van der Waals surface area contributed by atoms with Crippen molar-refractivity contribution in [1.29, 1.82) is 0 Å². The summed E-state index contributed by atoms with van der Waals surface area (Å²) in [7, 11) is 0. The van der Waals surface area contributed by atoms with Crippen molar-refractivity contribution >= 4 is 5.91 Å². The molecule has 3 heterocycles. The van der Waals surface area contributed by atoms with Crippen LogP contribution in [-0.4, -0.2) is 28.1 Å². The lowest BCUT2D eigenvalue weighted by Gasteiger charge is -2.18. The minimum Gasteiger partial charge on any atom is -0.483 e. The normalized spacial score (nSPS) is 14.0. The van der Waals surface area contributed by atoms with E-state index in [0.717, 1.165) is 34.6 Å². The number of hydrogen-bond acceptors (Lipinski definition) is 5. The highest BCUT2D eigenvalue weighted by Gasteiger charge is 2.32. The van der Waals surface area contributed by atoms with E-state index in [-0.39, 0.29) is 18.1 Å². The number of aromatic nitrogens is 2. The molecule has 0 unspecified atom stereocenters. The van der Waals surface area contributed by atoms with E-state index in [1.54, 1.807) is 18.6 Å². The molecule has 0 saturated carbocycles. The van der Waals surface area contributed by atoms with Gasteiger partial charge in [0, 0.05) is 42.7 Å². The van der Waals surface area contributed by atoms with Crippen molar-refractivity contribution in [3.8, 4) is 22.8 Å². The number of benzene rings is 1. The third kappa shape index (κ3) is 4.37. The number of hydrogen-bond donors (Lipinski definition) is 1. The van der Waals surface area contributed by atoms with Gasteiger partial charge in [-0.3, -0.25) is 14.8 Å². The Bertz CT molecular complexity index is 1020. The summed E-state index contributed by atoms with van der Waals surface area (Å²) in [6.07, 6.45) is 6.01. The van der Waals surface area contributed by atoms with Gasteiger partial charge in [-0.05, 0) is 43.7 Å². The molecule has 0 bridgehead atoms. The van der Waals surface area contributed by atoms with Crippen LogP contribution in [-0.2, 0) is 17.8 Å². The standard InChI is InChI=1S/C23H23N3O3/c1-23(2)13-17-5-3-7-19(22(17)29-23)28-15-20(27)26-14-18-6-4-10-25-21(18)16-8-11-24-12-9-16/h3-12H,13-15H2,1-2H3,(H,26,27). The van der Waals surface area contributed by atoms with E-state index < -0.39 is 0 Å². The van der Waals surface area contributed by atoms with Gasteiger partial charge < -0.3 is 14.8 Å². The summed E-state index contributed by atoms with van der Waals surface area (Å²) in [5.41, 5.74) is 3.56. The minimum absolute atomic E-state index is 0.0783. The topological polar surface area (TPSA) is 73.3 Å². The third-order valence-electron chi connectivity index (χ3n) is 4.73. The van der Waals surface area contributed by atoms with Crippen LogP contribution in [0, 0.1) is 0 Å². The first-order valence-corrected chi connectivity index (χ1v) is 9.56. The number of fused-ring (bicyclic) bond motifs is 1. The average Bonchev–Trinajstić information content (AvgIpc) is 3.06. The number of carbonyl (C=O) groups is 1. The number of nitrogens with zero attached hydrogens (tertiary/aromatic N) is 2.